The molecule has 152 valence electrons. The summed E-state index contributed by atoms with van der Waals surface area (Å²) in [4.78, 5) is 22.8. The van der Waals surface area contributed by atoms with Crippen LogP contribution in [-0.2, 0) is 14.1 Å². The summed E-state index contributed by atoms with van der Waals surface area (Å²) in [6.45, 7) is 9.43. The molecule has 6 nitrogen and oxygen atoms in total. The second-order valence-electron chi connectivity index (χ2n) is 7.54. The van der Waals surface area contributed by atoms with E-state index in [-0.39, 0.29) is 5.12 Å². The Hall–Kier alpha value is -1.77. The Kier molecular flexibility index (Phi) is 7.01. The minimum absolute atomic E-state index is 0.00302. The highest BCUT2D eigenvalue weighted by Crippen LogP contribution is 2.40. The van der Waals surface area contributed by atoms with Crippen LogP contribution in [0.2, 0.25) is 0 Å². The molecule has 1 heterocycles. The maximum atomic E-state index is 11.5. The first-order valence-electron chi connectivity index (χ1n) is 8.95. The Morgan fingerprint density at radius 3 is 2.04 bits per heavy atom. The number of hydrogen-bond donors (Lipinski definition) is 0. The molecule has 2 rings (SSSR count). The van der Waals surface area contributed by atoms with Gasteiger partial charge in [0.25, 0.3) is 0 Å². The number of benzene rings is 1. The molecule has 0 bridgehead atoms. The molecule has 1 aromatic carbocycles. The molecule has 1 aromatic rings. The third kappa shape index (κ3) is 4.80. The van der Waals surface area contributed by atoms with Crippen LogP contribution in [-0.4, -0.2) is 49.7 Å². The Morgan fingerprint density at radius 1 is 1.07 bits per heavy atom. The second-order valence-corrected chi connectivity index (χ2v) is 8.69. The second kappa shape index (κ2) is 8.72. The van der Waals surface area contributed by atoms with E-state index in [0.717, 1.165) is 11.8 Å². The van der Waals surface area contributed by atoms with Crippen LogP contribution >= 0.6 is 11.8 Å². The van der Waals surface area contributed by atoms with Gasteiger partial charge in [0.1, 0.15) is 11.5 Å². The number of rotatable bonds is 7. The van der Waals surface area contributed by atoms with Crippen molar-refractivity contribution < 1.29 is 28.4 Å². The summed E-state index contributed by atoms with van der Waals surface area (Å²) in [6.07, 6.45) is 2.59. The van der Waals surface area contributed by atoms with Crippen LogP contribution in [0.3, 0.4) is 0 Å². The van der Waals surface area contributed by atoms with Gasteiger partial charge in [-0.05, 0) is 45.3 Å². The minimum Gasteiger partial charge on any atom is -0.496 e. The van der Waals surface area contributed by atoms with Gasteiger partial charge < -0.3 is 18.8 Å². The van der Waals surface area contributed by atoms with Crippen LogP contribution in [0.1, 0.15) is 50.5 Å². The number of thioether (sulfide) groups is 1. The molecule has 0 aliphatic carbocycles. The van der Waals surface area contributed by atoms with Gasteiger partial charge in [-0.15, -0.1) is 0 Å². The number of carbonyl (C=O) groups is 2. The predicted molar refractivity (Wildman–Crippen MR) is 112 cm³/mol. The lowest BCUT2D eigenvalue weighted by atomic mass is 9.78. The summed E-state index contributed by atoms with van der Waals surface area (Å²) in [6, 6.07) is 3.35. The summed E-state index contributed by atoms with van der Waals surface area (Å²) < 4.78 is 23.1. The van der Waals surface area contributed by atoms with Gasteiger partial charge in [-0.25, -0.2) is 0 Å². The molecule has 0 spiro atoms. The Balaban J connectivity index is 2.51. The van der Waals surface area contributed by atoms with Gasteiger partial charge in [0.05, 0.1) is 31.0 Å². The van der Waals surface area contributed by atoms with Gasteiger partial charge in [-0.2, -0.15) is 0 Å². The van der Waals surface area contributed by atoms with E-state index < -0.39 is 18.3 Å². The lowest BCUT2D eigenvalue weighted by Crippen LogP contribution is -2.41. The van der Waals surface area contributed by atoms with Gasteiger partial charge in [-0.3, -0.25) is 9.59 Å². The van der Waals surface area contributed by atoms with Crippen molar-refractivity contribution in [2.75, 3.05) is 20.0 Å². The summed E-state index contributed by atoms with van der Waals surface area (Å²) in [5.74, 6) is 1.37. The summed E-state index contributed by atoms with van der Waals surface area (Å²) in [7, 11) is 2.44. The monoisotopic (exact) mass is 406 g/mol. The van der Waals surface area contributed by atoms with Crippen LogP contribution in [0.25, 0.3) is 6.08 Å². The average molecular weight is 406 g/mol. The number of ether oxygens (including phenoxy) is 2. The summed E-state index contributed by atoms with van der Waals surface area (Å²) in [5.41, 5.74) is 0.894. The fourth-order valence-corrected chi connectivity index (χ4v) is 3.30. The maximum Gasteiger partial charge on any atom is 0.491 e. The molecule has 1 saturated heterocycles. The first-order chi connectivity index (χ1) is 13.0. The Labute approximate surface area is 171 Å². The van der Waals surface area contributed by atoms with Crippen molar-refractivity contribution in [3.63, 3.8) is 0 Å². The smallest absolute Gasteiger partial charge is 0.491 e. The first-order valence-corrected chi connectivity index (χ1v) is 9.94. The van der Waals surface area contributed by atoms with E-state index in [1.54, 1.807) is 12.1 Å². The fourth-order valence-electron chi connectivity index (χ4n) is 2.71. The molecule has 1 fully saturated rings. The molecule has 8 heteroatoms. The van der Waals surface area contributed by atoms with E-state index in [4.69, 9.17) is 18.8 Å². The zero-order valence-electron chi connectivity index (χ0n) is 17.5. The quantitative estimate of drug-likeness (QED) is 0.504. The zero-order valence-corrected chi connectivity index (χ0v) is 18.3. The van der Waals surface area contributed by atoms with Crippen molar-refractivity contribution in [2.24, 2.45) is 0 Å². The van der Waals surface area contributed by atoms with Gasteiger partial charge in [0.15, 0.2) is 11.4 Å². The van der Waals surface area contributed by atoms with Crippen LogP contribution in [0.15, 0.2) is 17.6 Å². The Bertz CT molecular complexity index is 771. The molecule has 0 saturated carbocycles. The molecule has 0 unspecified atom stereocenters. The van der Waals surface area contributed by atoms with Gasteiger partial charge in [0.2, 0.25) is 0 Å². The average Bonchev–Trinajstić information content (AvgIpc) is 2.85. The van der Waals surface area contributed by atoms with E-state index in [9.17, 15) is 9.59 Å². The summed E-state index contributed by atoms with van der Waals surface area (Å²) >= 11 is 1.18. The molecule has 0 radical (unpaired) electrons. The third-order valence-electron chi connectivity index (χ3n) is 5.05. The number of carbonyl (C=O) groups excluding carboxylic acids is 2. The fraction of sp³-hybridized carbons (Fsp3) is 0.500. The van der Waals surface area contributed by atoms with Crippen molar-refractivity contribution in [2.45, 2.75) is 45.8 Å². The third-order valence-corrected chi connectivity index (χ3v) is 5.93. The Morgan fingerprint density at radius 2 is 1.57 bits per heavy atom. The van der Waals surface area contributed by atoms with Crippen LogP contribution in [0.4, 0.5) is 0 Å². The number of hydrogen-bond acceptors (Lipinski definition) is 7. The molecule has 0 atom stereocenters. The lowest BCUT2D eigenvalue weighted by molar-refractivity contribution is -0.109. The molecule has 1 aliphatic rings. The predicted octanol–water partition coefficient (Wildman–Crippen LogP) is 3.81. The van der Waals surface area contributed by atoms with E-state index in [0.29, 0.717) is 28.4 Å². The largest absolute Gasteiger partial charge is 0.496 e. The highest BCUT2D eigenvalue weighted by molar-refractivity contribution is 8.13. The molecule has 0 amide bonds. The van der Waals surface area contributed by atoms with Crippen molar-refractivity contribution in [3.8, 4) is 11.5 Å². The number of methoxy groups -OCH3 is 2. The van der Waals surface area contributed by atoms with Crippen molar-refractivity contribution in [3.05, 3.63) is 28.7 Å². The molecule has 0 aromatic heterocycles. The normalized spacial score (nSPS) is 18.1. The first kappa shape index (κ1) is 22.5. The molecule has 0 N–H and O–H groups in total. The van der Waals surface area contributed by atoms with Gasteiger partial charge >= 0.3 is 7.12 Å². The van der Waals surface area contributed by atoms with Crippen molar-refractivity contribution in [1.29, 1.82) is 0 Å². The SMILES string of the molecule is COc1cc(C=C(CSC(C)=O)B2OC(C)(C)C(C)(C)O2)c(OC)cc1C=O. The highest BCUT2D eigenvalue weighted by atomic mass is 32.2. The molecular formula is C20H27BO6S. The summed E-state index contributed by atoms with van der Waals surface area (Å²) in [5, 5.41) is 0.00302. The van der Waals surface area contributed by atoms with E-state index in [1.807, 2.05) is 33.8 Å². The highest BCUT2D eigenvalue weighted by Gasteiger charge is 2.52. The van der Waals surface area contributed by atoms with Crippen LogP contribution in [0, 0.1) is 0 Å². The van der Waals surface area contributed by atoms with Crippen LogP contribution < -0.4 is 9.47 Å². The molecular weight excluding hydrogens is 379 g/mol. The standard InChI is InChI=1S/C20H27BO6S/c1-13(23)28-12-16(21-26-19(2,3)20(4,5)27-21)8-14-9-18(25-7)15(11-22)10-17(14)24-6/h8-11H,12H2,1-7H3. The number of aldehydes is 1. The van der Waals surface area contributed by atoms with E-state index in [2.05, 4.69) is 0 Å². The molecule has 1 aliphatic heterocycles. The van der Waals surface area contributed by atoms with Crippen LogP contribution in [0.5, 0.6) is 11.5 Å². The van der Waals surface area contributed by atoms with E-state index in [1.165, 1.54) is 32.9 Å². The molecule has 28 heavy (non-hydrogen) atoms. The van der Waals surface area contributed by atoms with Crippen molar-refractivity contribution in [1.82, 2.24) is 0 Å². The maximum absolute atomic E-state index is 11.5. The van der Waals surface area contributed by atoms with Gasteiger partial charge in [-0.1, -0.05) is 17.8 Å². The topological polar surface area (TPSA) is 71.1 Å². The lowest BCUT2D eigenvalue weighted by Gasteiger charge is -2.32. The van der Waals surface area contributed by atoms with E-state index >= 15 is 0 Å². The minimum atomic E-state index is -0.599. The zero-order chi connectivity index (χ0) is 21.1. The van der Waals surface area contributed by atoms with Crippen molar-refractivity contribution >= 4 is 36.4 Å². The van der Waals surface area contributed by atoms with Gasteiger partial charge in [0, 0.05) is 18.2 Å².